The van der Waals surface area contributed by atoms with Crippen LogP contribution in [0, 0.1) is 0 Å². The molecular formula is C44H29NO. The highest BCUT2D eigenvalue weighted by molar-refractivity contribution is 6.09. The van der Waals surface area contributed by atoms with Gasteiger partial charge in [-0.05, 0) is 103 Å². The number of hydrogen-bond acceptors (Lipinski definition) is 2. The molecule has 0 saturated heterocycles. The first-order valence-electron chi connectivity index (χ1n) is 15.7. The van der Waals surface area contributed by atoms with E-state index in [1.54, 1.807) is 0 Å². The van der Waals surface area contributed by atoms with Crippen LogP contribution < -0.4 is 5.32 Å². The summed E-state index contributed by atoms with van der Waals surface area (Å²) in [5, 5.41) is 10.8. The molecular weight excluding hydrogens is 558 g/mol. The minimum atomic E-state index is 0.906. The summed E-state index contributed by atoms with van der Waals surface area (Å²) in [6.45, 7) is 0. The van der Waals surface area contributed by atoms with Crippen molar-refractivity contribution in [3.8, 4) is 33.4 Å². The summed E-state index contributed by atoms with van der Waals surface area (Å²) in [6, 6.07) is 60.5. The van der Waals surface area contributed by atoms with Gasteiger partial charge in [-0.1, -0.05) is 121 Å². The molecule has 0 amide bonds. The summed E-state index contributed by atoms with van der Waals surface area (Å²) in [5.41, 5.74) is 11.1. The van der Waals surface area contributed by atoms with Gasteiger partial charge in [-0.2, -0.15) is 0 Å². The first kappa shape index (κ1) is 26.3. The molecule has 0 fully saturated rings. The van der Waals surface area contributed by atoms with Crippen LogP contribution in [0.1, 0.15) is 0 Å². The zero-order chi connectivity index (χ0) is 30.5. The van der Waals surface area contributed by atoms with Crippen LogP contribution >= 0.6 is 0 Å². The number of para-hydroxylation sites is 1. The number of fused-ring (bicyclic) bond motifs is 5. The van der Waals surface area contributed by atoms with Crippen LogP contribution in [0.2, 0.25) is 0 Å². The summed E-state index contributed by atoms with van der Waals surface area (Å²) in [6.07, 6.45) is 0. The molecule has 2 heteroatoms. The molecule has 0 aliphatic heterocycles. The smallest absolute Gasteiger partial charge is 0.136 e. The molecule has 0 radical (unpaired) electrons. The fourth-order valence-electron chi connectivity index (χ4n) is 6.72. The Kier molecular flexibility index (Phi) is 6.17. The van der Waals surface area contributed by atoms with E-state index in [1.165, 1.54) is 49.4 Å². The summed E-state index contributed by atoms with van der Waals surface area (Å²) in [7, 11) is 0. The van der Waals surface area contributed by atoms with Crippen molar-refractivity contribution >= 4 is 54.9 Å². The fraction of sp³-hybridized carbons (Fsp3) is 0. The molecule has 8 aromatic carbocycles. The molecule has 0 spiro atoms. The third-order valence-electron chi connectivity index (χ3n) is 9.05. The molecule has 46 heavy (non-hydrogen) atoms. The molecule has 0 aliphatic carbocycles. The zero-order valence-electron chi connectivity index (χ0n) is 25.1. The van der Waals surface area contributed by atoms with Crippen LogP contribution in [0.5, 0.6) is 0 Å². The topological polar surface area (TPSA) is 25.2 Å². The molecule has 1 aromatic heterocycles. The van der Waals surface area contributed by atoms with Gasteiger partial charge in [0.2, 0.25) is 0 Å². The van der Waals surface area contributed by atoms with Crippen LogP contribution in [0.25, 0.3) is 76.9 Å². The molecule has 0 saturated carbocycles. The van der Waals surface area contributed by atoms with Gasteiger partial charge in [-0.15, -0.1) is 0 Å². The predicted octanol–water partition coefficient (Wildman–Crippen LogP) is 12.6. The van der Waals surface area contributed by atoms with E-state index >= 15 is 0 Å². The molecule has 0 atom stereocenters. The summed E-state index contributed by atoms with van der Waals surface area (Å²) in [4.78, 5) is 0. The van der Waals surface area contributed by atoms with Crippen molar-refractivity contribution in [3.05, 3.63) is 170 Å². The average molecular weight is 588 g/mol. The Hall–Kier alpha value is -6.12. The van der Waals surface area contributed by atoms with Crippen molar-refractivity contribution < 1.29 is 4.42 Å². The normalized spacial score (nSPS) is 11.5. The summed E-state index contributed by atoms with van der Waals surface area (Å²) < 4.78 is 6.29. The van der Waals surface area contributed by atoms with Crippen molar-refractivity contribution in [1.82, 2.24) is 0 Å². The molecule has 0 unspecified atom stereocenters. The molecule has 1 heterocycles. The molecule has 9 aromatic rings. The second-order valence-electron chi connectivity index (χ2n) is 11.9. The minimum Gasteiger partial charge on any atom is -0.456 e. The molecule has 9 rings (SSSR count). The van der Waals surface area contributed by atoms with Gasteiger partial charge in [0.15, 0.2) is 0 Å². The Morgan fingerprint density at radius 1 is 0.348 bits per heavy atom. The van der Waals surface area contributed by atoms with E-state index in [0.717, 1.165) is 38.9 Å². The van der Waals surface area contributed by atoms with Gasteiger partial charge >= 0.3 is 0 Å². The zero-order valence-corrected chi connectivity index (χ0v) is 25.1. The van der Waals surface area contributed by atoms with Crippen molar-refractivity contribution in [3.63, 3.8) is 0 Å². The number of anilines is 2. The van der Waals surface area contributed by atoms with E-state index in [4.69, 9.17) is 4.42 Å². The first-order chi connectivity index (χ1) is 22.8. The van der Waals surface area contributed by atoms with E-state index in [-0.39, 0.29) is 0 Å². The first-order valence-corrected chi connectivity index (χ1v) is 15.7. The Morgan fingerprint density at radius 3 is 1.74 bits per heavy atom. The average Bonchev–Trinajstić information content (AvgIpc) is 3.49. The number of hydrogen-bond donors (Lipinski definition) is 1. The maximum absolute atomic E-state index is 6.29. The van der Waals surface area contributed by atoms with Crippen molar-refractivity contribution in [2.45, 2.75) is 0 Å². The molecule has 2 nitrogen and oxygen atoms in total. The maximum Gasteiger partial charge on any atom is 0.136 e. The van der Waals surface area contributed by atoms with Crippen LogP contribution in [-0.4, -0.2) is 0 Å². The van der Waals surface area contributed by atoms with Crippen molar-refractivity contribution in [2.75, 3.05) is 5.32 Å². The standard InChI is InChI=1S/C44H29NO/c1-2-9-33-27-34(14-13-29(33)7-1)30-15-21-36(22-16-30)45-37-23-17-32(18-24-37)39-25-19-31-8-3-4-10-38(31)44(39)35-20-26-41-40-11-5-6-12-42(40)46-43(41)28-35/h1-28,45H. The van der Waals surface area contributed by atoms with E-state index < -0.39 is 0 Å². The van der Waals surface area contributed by atoms with Gasteiger partial charge in [0.1, 0.15) is 11.2 Å². The lowest BCUT2D eigenvalue weighted by Gasteiger charge is -2.15. The van der Waals surface area contributed by atoms with Gasteiger partial charge in [-0.25, -0.2) is 0 Å². The molecule has 216 valence electrons. The molecule has 1 N–H and O–H groups in total. The van der Waals surface area contributed by atoms with E-state index in [1.807, 2.05) is 12.1 Å². The summed E-state index contributed by atoms with van der Waals surface area (Å²) in [5.74, 6) is 0. The minimum absolute atomic E-state index is 0.906. The number of benzene rings is 8. The Bertz CT molecular complexity index is 2540. The lowest BCUT2D eigenvalue weighted by molar-refractivity contribution is 0.669. The van der Waals surface area contributed by atoms with Crippen molar-refractivity contribution in [2.24, 2.45) is 0 Å². The molecule has 0 aliphatic rings. The maximum atomic E-state index is 6.29. The third kappa shape index (κ3) is 4.60. The van der Waals surface area contributed by atoms with Gasteiger partial charge < -0.3 is 9.73 Å². The SMILES string of the molecule is c1ccc2cc(-c3ccc(Nc4ccc(-c5ccc6ccccc6c5-c5ccc6c(c5)oc5ccccc56)cc4)cc3)ccc2c1. The monoisotopic (exact) mass is 587 g/mol. The van der Waals surface area contributed by atoms with Crippen LogP contribution in [0.3, 0.4) is 0 Å². The van der Waals surface area contributed by atoms with E-state index in [0.29, 0.717) is 0 Å². The lowest BCUT2D eigenvalue weighted by Crippen LogP contribution is -1.91. The number of furan rings is 1. The Balaban J connectivity index is 1.04. The van der Waals surface area contributed by atoms with E-state index in [2.05, 4.69) is 163 Å². The second kappa shape index (κ2) is 10.8. The second-order valence-corrected chi connectivity index (χ2v) is 11.9. The fourth-order valence-corrected chi connectivity index (χ4v) is 6.72. The van der Waals surface area contributed by atoms with Gasteiger partial charge in [-0.3, -0.25) is 0 Å². The quantitative estimate of drug-likeness (QED) is 0.217. The van der Waals surface area contributed by atoms with E-state index in [9.17, 15) is 0 Å². The third-order valence-corrected chi connectivity index (χ3v) is 9.05. The van der Waals surface area contributed by atoms with Gasteiger partial charge in [0.25, 0.3) is 0 Å². The molecule has 0 bridgehead atoms. The largest absolute Gasteiger partial charge is 0.456 e. The highest BCUT2D eigenvalue weighted by Gasteiger charge is 2.15. The Labute approximate surface area is 267 Å². The van der Waals surface area contributed by atoms with Crippen molar-refractivity contribution in [1.29, 1.82) is 0 Å². The summed E-state index contributed by atoms with van der Waals surface area (Å²) >= 11 is 0. The Morgan fingerprint density at radius 2 is 0.935 bits per heavy atom. The van der Waals surface area contributed by atoms with Gasteiger partial charge in [0, 0.05) is 22.1 Å². The highest BCUT2D eigenvalue weighted by Crippen LogP contribution is 2.41. The number of rotatable bonds is 5. The lowest BCUT2D eigenvalue weighted by atomic mass is 9.89. The number of nitrogens with one attached hydrogen (secondary N) is 1. The predicted molar refractivity (Wildman–Crippen MR) is 195 cm³/mol. The highest BCUT2D eigenvalue weighted by atomic mass is 16.3. The van der Waals surface area contributed by atoms with Crippen LogP contribution in [0.15, 0.2) is 174 Å². The van der Waals surface area contributed by atoms with Crippen LogP contribution in [-0.2, 0) is 0 Å². The van der Waals surface area contributed by atoms with Gasteiger partial charge in [0.05, 0.1) is 0 Å². The van der Waals surface area contributed by atoms with Crippen LogP contribution in [0.4, 0.5) is 11.4 Å².